The number of rotatable bonds is 4. The summed E-state index contributed by atoms with van der Waals surface area (Å²) in [5.41, 5.74) is 6.38. The first-order valence-corrected chi connectivity index (χ1v) is 8.56. The molecule has 3 unspecified atom stereocenters. The first-order valence-electron chi connectivity index (χ1n) is 6.46. The summed E-state index contributed by atoms with van der Waals surface area (Å²) in [6, 6.07) is 0.514. The van der Waals surface area contributed by atoms with Crippen LogP contribution >= 0.6 is 23.5 Å². The summed E-state index contributed by atoms with van der Waals surface area (Å²) in [5, 5.41) is 5.43. The lowest BCUT2D eigenvalue weighted by Gasteiger charge is -2.32. The molecule has 4 nitrogen and oxygen atoms in total. The molecule has 1 aromatic heterocycles. The van der Waals surface area contributed by atoms with Gasteiger partial charge in [0.25, 0.3) is 0 Å². The van der Waals surface area contributed by atoms with Crippen molar-refractivity contribution in [1.82, 2.24) is 14.8 Å². The Morgan fingerprint density at radius 1 is 1.44 bits per heavy atom. The van der Waals surface area contributed by atoms with Crippen molar-refractivity contribution in [3.63, 3.8) is 0 Å². The van der Waals surface area contributed by atoms with Crippen LogP contribution in [-0.4, -0.2) is 42.8 Å². The maximum absolute atomic E-state index is 6.38. The highest BCUT2D eigenvalue weighted by atomic mass is 32.2. The molecule has 0 saturated carbocycles. The third-order valence-electron chi connectivity index (χ3n) is 3.21. The van der Waals surface area contributed by atoms with Crippen LogP contribution in [0.15, 0.2) is 6.33 Å². The van der Waals surface area contributed by atoms with Crippen molar-refractivity contribution in [2.75, 3.05) is 11.5 Å². The van der Waals surface area contributed by atoms with Crippen LogP contribution in [0.2, 0.25) is 0 Å². The summed E-state index contributed by atoms with van der Waals surface area (Å²) in [5.74, 6) is 3.47. The topological polar surface area (TPSA) is 56.7 Å². The van der Waals surface area contributed by atoms with E-state index >= 15 is 0 Å². The lowest BCUT2D eigenvalue weighted by atomic mass is 10.1. The van der Waals surface area contributed by atoms with E-state index in [1.54, 1.807) is 6.33 Å². The fourth-order valence-electron chi connectivity index (χ4n) is 2.30. The van der Waals surface area contributed by atoms with E-state index in [0.717, 1.165) is 12.2 Å². The quantitative estimate of drug-likeness (QED) is 0.917. The third-order valence-corrected chi connectivity index (χ3v) is 6.49. The van der Waals surface area contributed by atoms with Gasteiger partial charge in [0.1, 0.15) is 12.2 Å². The molecule has 1 aromatic rings. The third kappa shape index (κ3) is 3.22. The standard InChI is InChI=1S/C12H22N4S2/c1-8(2)16-11(14-7-15-16)6-10(13)12-9(3)17-4-5-18-12/h7-10,12H,4-6,13H2,1-3H3. The van der Waals surface area contributed by atoms with Gasteiger partial charge in [-0.25, -0.2) is 9.67 Å². The number of nitrogens with zero attached hydrogens (tertiary/aromatic N) is 3. The molecular weight excluding hydrogens is 264 g/mol. The first-order chi connectivity index (χ1) is 8.59. The van der Waals surface area contributed by atoms with Crippen molar-refractivity contribution in [1.29, 1.82) is 0 Å². The van der Waals surface area contributed by atoms with Crippen LogP contribution in [0.5, 0.6) is 0 Å². The Morgan fingerprint density at radius 2 is 2.17 bits per heavy atom. The van der Waals surface area contributed by atoms with Crippen molar-refractivity contribution >= 4 is 23.5 Å². The van der Waals surface area contributed by atoms with Crippen LogP contribution in [-0.2, 0) is 6.42 Å². The highest BCUT2D eigenvalue weighted by molar-refractivity contribution is 8.07. The Kier molecular flexibility index (Phi) is 4.98. The smallest absolute Gasteiger partial charge is 0.138 e. The number of nitrogens with two attached hydrogens (primary N) is 1. The normalized spacial score (nSPS) is 26.5. The molecule has 1 saturated heterocycles. The average molecular weight is 286 g/mol. The highest BCUT2D eigenvalue weighted by Gasteiger charge is 2.29. The van der Waals surface area contributed by atoms with Gasteiger partial charge in [0.15, 0.2) is 0 Å². The molecule has 0 radical (unpaired) electrons. The van der Waals surface area contributed by atoms with Crippen LogP contribution in [0.1, 0.15) is 32.6 Å². The molecule has 0 aliphatic carbocycles. The van der Waals surface area contributed by atoms with E-state index in [-0.39, 0.29) is 6.04 Å². The minimum Gasteiger partial charge on any atom is -0.326 e. The molecule has 2 rings (SSSR count). The summed E-state index contributed by atoms with van der Waals surface area (Å²) < 4.78 is 1.98. The van der Waals surface area contributed by atoms with Gasteiger partial charge in [-0.1, -0.05) is 6.92 Å². The zero-order valence-corrected chi connectivity index (χ0v) is 12.9. The number of hydrogen-bond acceptors (Lipinski definition) is 5. The van der Waals surface area contributed by atoms with Crippen LogP contribution in [0.25, 0.3) is 0 Å². The molecule has 3 atom stereocenters. The zero-order chi connectivity index (χ0) is 13.1. The molecule has 18 heavy (non-hydrogen) atoms. The molecule has 0 spiro atoms. The molecule has 0 aromatic carbocycles. The zero-order valence-electron chi connectivity index (χ0n) is 11.2. The van der Waals surface area contributed by atoms with Gasteiger partial charge >= 0.3 is 0 Å². The van der Waals surface area contributed by atoms with E-state index < -0.39 is 0 Å². The monoisotopic (exact) mass is 286 g/mol. The average Bonchev–Trinajstić information content (AvgIpc) is 2.77. The molecule has 6 heteroatoms. The van der Waals surface area contributed by atoms with Crippen molar-refractivity contribution in [3.8, 4) is 0 Å². The summed E-state index contributed by atoms with van der Waals surface area (Å²) in [6.45, 7) is 6.53. The summed E-state index contributed by atoms with van der Waals surface area (Å²) in [7, 11) is 0. The van der Waals surface area contributed by atoms with E-state index in [4.69, 9.17) is 5.73 Å². The van der Waals surface area contributed by atoms with E-state index in [2.05, 4.69) is 30.9 Å². The molecule has 1 aliphatic heterocycles. The molecule has 2 heterocycles. The van der Waals surface area contributed by atoms with Crippen LogP contribution in [0, 0.1) is 0 Å². The second kappa shape index (κ2) is 6.30. The van der Waals surface area contributed by atoms with Gasteiger partial charge < -0.3 is 5.73 Å². The molecular formula is C12H22N4S2. The van der Waals surface area contributed by atoms with Gasteiger partial charge in [0, 0.05) is 40.5 Å². The van der Waals surface area contributed by atoms with Gasteiger partial charge in [-0.15, -0.1) is 0 Å². The van der Waals surface area contributed by atoms with Gasteiger partial charge in [-0.05, 0) is 13.8 Å². The molecule has 2 N–H and O–H groups in total. The van der Waals surface area contributed by atoms with Crippen molar-refractivity contribution in [2.45, 2.75) is 49.8 Å². The fraction of sp³-hybridized carbons (Fsp3) is 0.833. The Bertz CT molecular complexity index is 380. The molecule has 0 amide bonds. The minimum atomic E-state index is 0.166. The number of hydrogen-bond donors (Lipinski definition) is 1. The summed E-state index contributed by atoms with van der Waals surface area (Å²) in [4.78, 5) is 4.35. The maximum Gasteiger partial charge on any atom is 0.138 e. The maximum atomic E-state index is 6.38. The van der Waals surface area contributed by atoms with Crippen molar-refractivity contribution in [2.24, 2.45) is 5.73 Å². The van der Waals surface area contributed by atoms with E-state index in [1.165, 1.54) is 11.5 Å². The molecule has 1 fully saturated rings. The van der Waals surface area contributed by atoms with Gasteiger partial charge in [0.05, 0.1) is 0 Å². The Labute approximate surface area is 117 Å². The Balaban J connectivity index is 2.01. The molecule has 102 valence electrons. The predicted molar refractivity (Wildman–Crippen MR) is 80.3 cm³/mol. The second-order valence-corrected chi connectivity index (χ2v) is 7.76. The number of aromatic nitrogens is 3. The summed E-state index contributed by atoms with van der Waals surface area (Å²) in [6.07, 6.45) is 2.45. The van der Waals surface area contributed by atoms with Crippen molar-refractivity contribution < 1.29 is 0 Å². The van der Waals surface area contributed by atoms with E-state index in [9.17, 15) is 0 Å². The van der Waals surface area contributed by atoms with Gasteiger partial charge in [-0.3, -0.25) is 0 Å². The SMILES string of the molecule is CC1SCCSC1C(N)Cc1ncnn1C(C)C. The van der Waals surface area contributed by atoms with E-state index in [1.807, 2.05) is 28.2 Å². The summed E-state index contributed by atoms with van der Waals surface area (Å²) >= 11 is 4.05. The van der Waals surface area contributed by atoms with Crippen molar-refractivity contribution in [3.05, 3.63) is 12.2 Å². The van der Waals surface area contributed by atoms with Gasteiger partial charge in [0.2, 0.25) is 0 Å². The van der Waals surface area contributed by atoms with Gasteiger partial charge in [-0.2, -0.15) is 28.6 Å². The first kappa shape index (κ1) is 14.2. The Hall–Kier alpha value is -0.200. The molecule has 0 bridgehead atoms. The highest BCUT2D eigenvalue weighted by Crippen LogP contribution is 2.33. The minimum absolute atomic E-state index is 0.166. The largest absolute Gasteiger partial charge is 0.326 e. The second-order valence-electron chi connectivity index (χ2n) is 4.99. The van der Waals surface area contributed by atoms with Crippen LogP contribution in [0.4, 0.5) is 0 Å². The lowest BCUT2D eigenvalue weighted by molar-refractivity contribution is 0.486. The predicted octanol–water partition coefficient (Wildman–Crippen LogP) is 1.97. The Morgan fingerprint density at radius 3 is 2.83 bits per heavy atom. The van der Waals surface area contributed by atoms with Crippen LogP contribution < -0.4 is 5.73 Å². The lowest BCUT2D eigenvalue weighted by Crippen LogP contribution is -2.42. The molecule has 1 aliphatic rings. The van der Waals surface area contributed by atoms with E-state index in [0.29, 0.717) is 16.5 Å². The van der Waals surface area contributed by atoms with Crippen LogP contribution in [0.3, 0.4) is 0 Å². The fourth-order valence-corrected chi connectivity index (χ4v) is 5.19. The number of thioether (sulfide) groups is 2.